The van der Waals surface area contributed by atoms with Gasteiger partial charge in [-0.15, -0.1) is 13.2 Å². The molecule has 0 spiro atoms. The second-order valence-corrected chi connectivity index (χ2v) is 0.984. The van der Waals surface area contributed by atoms with Gasteiger partial charge in [-0.25, -0.2) is 4.18 Å². The van der Waals surface area contributed by atoms with Crippen LogP contribution in [0.1, 0.15) is 0 Å². The van der Waals surface area contributed by atoms with Crippen molar-refractivity contribution < 1.29 is 17.4 Å². The minimum absolute atomic E-state index is 0.216. The molecule has 0 aliphatic carbocycles. The first-order valence-corrected chi connectivity index (χ1v) is 1.98. The number of hydrogen-bond acceptors (Lipinski definition) is 3. The van der Waals surface area contributed by atoms with Gasteiger partial charge in [0.2, 0.25) is 0 Å². The van der Waals surface area contributed by atoms with Crippen LogP contribution in [0.4, 0.5) is 13.2 Å². The Hall–Kier alpha value is 0.0600. The molecule has 0 atom stereocenters. The van der Waals surface area contributed by atoms with E-state index in [4.69, 9.17) is 0 Å². The number of halogens is 3. The lowest BCUT2D eigenvalue weighted by molar-refractivity contribution is -0.266. The van der Waals surface area contributed by atoms with Crippen LogP contribution in [-0.4, -0.2) is 6.36 Å². The monoisotopic (exact) mass is 133 g/mol. The maximum absolute atomic E-state index is 10.7. The van der Waals surface area contributed by atoms with Crippen LogP contribution in [0.2, 0.25) is 0 Å². The highest BCUT2D eigenvalue weighted by Gasteiger charge is 2.29. The summed E-state index contributed by atoms with van der Waals surface area (Å²) in [4.78, 5) is 0. The average Bonchev–Trinajstić information content (AvgIpc) is 1.30. The van der Waals surface area contributed by atoms with Gasteiger partial charge in [-0.05, 0) is 0 Å². The zero-order chi connectivity index (χ0) is 5.91. The van der Waals surface area contributed by atoms with Crippen molar-refractivity contribution in [3.05, 3.63) is 0 Å². The van der Waals surface area contributed by atoms with Crippen molar-refractivity contribution in [3.8, 4) is 0 Å². The third-order valence-corrected chi connectivity index (χ3v) is 0.428. The summed E-state index contributed by atoms with van der Waals surface area (Å²) in [5.74, 6) is 0. The normalized spacial score (nSPS) is 12.0. The van der Waals surface area contributed by atoms with Crippen LogP contribution in [0.5, 0.6) is 0 Å². The van der Waals surface area contributed by atoms with Gasteiger partial charge in [0.05, 0.1) is 12.2 Å². The second-order valence-electron chi connectivity index (χ2n) is 0.625. The lowest BCUT2D eigenvalue weighted by Crippen LogP contribution is -2.08. The molecule has 0 aromatic heterocycles. The summed E-state index contributed by atoms with van der Waals surface area (Å²) in [5, 5.41) is 4.29. The topological polar surface area (TPSA) is 35.2 Å². The van der Waals surface area contributed by atoms with Gasteiger partial charge in [0.25, 0.3) is 0 Å². The molecule has 0 unspecified atom stereocenters. The Morgan fingerprint density at radius 2 is 1.86 bits per heavy atom. The van der Waals surface area contributed by atoms with Gasteiger partial charge < -0.3 is 0 Å². The Morgan fingerprint density at radius 3 is 1.86 bits per heavy atom. The minimum Gasteiger partial charge on any atom is -0.254 e. The first kappa shape index (κ1) is 7.06. The van der Waals surface area contributed by atoms with Gasteiger partial charge >= 0.3 is 6.36 Å². The fraction of sp³-hybridized carbons (Fsp3) is 1.00. The Kier molecular flexibility index (Phi) is 2.41. The van der Waals surface area contributed by atoms with Crippen LogP contribution in [0.15, 0.2) is 0 Å². The molecule has 2 nitrogen and oxygen atoms in total. The molecule has 6 heteroatoms. The highest BCUT2D eigenvalue weighted by Crippen LogP contribution is 2.19. The van der Waals surface area contributed by atoms with Gasteiger partial charge in [0, 0.05) is 0 Å². The molecule has 0 radical (unpaired) electrons. The first-order valence-electron chi connectivity index (χ1n) is 1.17. The van der Waals surface area contributed by atoms with E-state index in [2.05, 4.69) is 9.32 Å². The molecule has 0 fully saturated rings. The quantitative estimate of drug-likeness (QED) is 0.428. The smallest absolute Gasteiger partial charge is 0.254 e. The Balaban J connectivity index is 3.15. The summed E-state index contributed by atoms with van der Waals surface area (Å²) in [6, 6.07) is 0. The maximum atomic E-state index is 10.7. The van der Waals surface area contributed by atoms with Crippen molar-refractivity contribution >= 4 is 12.2 Å². The average molecular weight is 133 g/mol. The van der Waals surface area contributed by atoms with Crippen LogP contribution in [-0.2, 0) is 4.18 Å². The Morgan fingerprint density at radius 1 is 1.43 bits per heavy atom. The van der Waals surface area contributed by atoms with Crippen molar-refractivity contribution in [2.75, 3.05) is 0 Å². The lowest BCUT2D eigenvalue weighted by Gasteiger charge is -1.99. The highest BCUT2D eigenvalue weighted by molar-refractivity contribution is 7.92. The summed E-state index contributed by atoms with van der Waals surface area (Å²) in [5.41, 5.74) is 0. The number of alkyl halides is 3. The number of rotatable bonds is 1. The summed E-state index contributed by atoms with van der Waals surface area (Å²) >= 11 is -0.216. The fourth-order valence-corrected chi connectivity index (χ4v) is 0.164. The molecule has 0 heterocycles. The summed E-state index contributed by atoms with van der Waals surface area (Å²) in [7, 11) is 0. The molecular formula is CH2F3NOS. The van der Waals surface area contributed by atoms with Crippen molar-refractivity contribution in [1.82, 2.24) is 0 Å². The Labute approximate surface area is 42.2 Å². The number of hydrogen-bond donors (Lipinski definition) is 1. The Bertz CT molecular complexity index is 53.4. The summed E-state index contributed by atoms with van der Waals surface area (Å²) < 4.78 is 35.1. The molecule has 0 rings (SSSR count). The largest absolute Gasteiger partial charge is 0.534 e. The van der Waals surface area contributed by atoms with Gasteiger partial charge in [0.15, 0.2) is 0 Å². The molecule has 2 N–H and O–H groups in total. The van der Waals surface area contributed by atoms with Crippen molar-refractivity contribution in [3.63, 3.8) is 0 Å². The van der Waals surface area contributed by atoms with E-state index in [1.807, 2.05) is 0 Å². The number of nitrogens with two attached hydrogens (primary N) is 1. The van der Waals surface area contributed by atoms with Gasteiger partial charge in [0.1, 0.15) is 0 Å². The molecule has 0 aliphatic heterocycles. The van der Waals surface area contributed by atoms with E-state index in [9.17, 15) is 13.2 Å². The lowest BCUT2D eigenvalue weighted by atomic mass is 11.4. The standard InChI is InChI=1S/CH2F3NOS/c2-1(3,4)6-7-5/h5H2. The van der Waals surface area contributed by atoms with Gasteiger partial charge in [-0.3, -0.25) is 5.14 Å². The predicted octanol–water partition coefficient (Wildman–Crippen LogP) is 1.04. The highest BCUT2D eigenvalue weighted by atomic mass is 32.2. The first-order chi connectivity index (χ1) is 3.06. The molecule has 0 aromatic rings. The van der Waals surface area contributed by atoms with E-state index in [-0.39, 0.29) is 12.2 Å². The van der Waals surface area contributed by atoms with Crippen LogP contribution in [0, 0.1) is 0 Å². The molecular weight excluding hydrogens is 131 g/mol. The van der Waals surface area contributed by atoms with E-state index in [0.29, 0.717) is 0 Å². The molecule has 7 heavy (non-hydrogen) atoms. The van der Waals surface area contributed by atoms with Crippen LogP contribution in [0.3, 0.4) is 0 Å². The summed E-state index contributed by atoms with van der Waals surface area (Å²) in [6.45, 7) is 0. The predicted molar refractivity (Wildman–Crippen MR) is 18.9 cm³/mol. The van der Waals surface area contributed by atoms with Crippen LogP contribution < -0.4 is 5.14 Å². The second kappa shape index (κ2) is 2.39. The van der Waals surface area contributed by atoms with E-state index >= 15 is 0 Å². The van der Waals surface area contributed by atoms with E-state index < -0.39 is 6.36 Å². The zero-order valence-electron chi connectivity index (χ0n) is 3.03. The molecule has 0 aromatic carbocycles. The van der Waals surface area contributed by atoms with Gasteiger partial charge in [-0.1, -0.05) is 0 Å². The van der Waals surface area contributed by atoms with Crippen LogP contribution in [0.25, 0.3) is 0 Å². The molecule has 0 amide bonds. The van der Waals surface area contributed by atoms with E-state index in [0.717, 1.165) is 0 Å². The molecule has 44 valence electrons. The molecule has 0 bridgehead atoms. The van der Waals surface area contributed by atoms with Gasteiger partial charge in [-0.2, -0.15) is 0 Å². The minimum atomic E-state index is -4.61. The van der Waals surface area contributed by atoms with Crippen molar-refractivity contribution in [1.29, 1.82) is 0 Å². The van der Waals surface area contributed by atoms with Crippen LogP contribution >= 0.6 is 12.2 Å². The van der Waals surface area contributed by atoms with Crippen molar-refractivity contribution in [2.24, 2.45) is 5.14 Å². The van der Waals surface area contributed by atoms with Crippen molar-refractivity contribution in [2.45, 2.75) is 6.36 Å². The molecule has 0 aliphatic rings. The fourth-order valence-electron chi connectivity index (χ4n) is 0.0546. The molecule has 0 saturated heterocycles. The summed E-state index contributed by atoms with van der Waals surface area (Å²) in [6.07, 6.45) is -4.61. The SMILES string of the molecule is NSOC(F)(F)F. The van der Waals surface area contributed by atoms with E-state index in [1.165, 1.54) is 0 Å². The maximum Gasteiger partial charge on any atom is 0.534 e. The third kappa shape index (κ3) is 6.06. The zero-order valence-corrected chi connectivity index (χ0v) is 3.84. The molecule has 0 saturated carbocycles. The van der Waals surface area contributed by atoms with E-state index in [1.54, 1.807) is 0 Å². The third-order valence-electron chi connectivity index (χ3n) is 0.143.